The Kier molecular flexibility index (Phi) is 8.26. The second-order valence-corrected chi connectivity index (χ2v) is 6.73. The van der Waals surface area contributed by atoms with Crippen molar-refractivity contribution >= 4 is 0 Å². The van der Waals surface area contributed by atoms with Crippen LogP contribution in [0.25, 0.3) is 0 Å². The highest BCUT2D eigenvalue weighted by atomic mass is 16.6. The maximum absolute atomic E-state index is 6.10. The molecular formula is C18H32O6. The van der Waals surface area contributed by atoms with Crippen LogP contribution in [0, 0.1) is 11.8 Å². The van der Waals surface area contributed by atoms with Crippen LogP contribution in [0.3, 0.4) is 0 Å². The van der Waals surface area contributed by atoms with Gasteiger partial charge in [-0.25, -0.2) is 0 Å². The van der Waals surface area contributed by atoms with E-state index in [4.69, 9.17) is 28.4 Å². The molecule has 3 rings (SSSR count). The zero-order valence-corrected chi connectivity index (χ0v) is 14.7. The molecular weight excluding hydrogens is 312 g/mol. The molecule has 1 saturated heterocycles. The summed E-state index contributed by atoms with van der Waals surface area (Å²) >= 11 is 0. The van der Waals surface area contributed by atoms with Crippen molar-refractivity contribution in [1.29, 1.82) is 0 Å². The van der Waals surface area contributed by atoms with Crippen LogP contribution in [0.15, 0.2) is 0 Å². The molecule has 0 aromatic heterocycles. The summed E-state index contributed by atoms with van der Waals surface area (Å²) in [5.74, 6) is 1.35. The lowest BCUT2D eigenvalue weighted by Gasteiger charge is -2.53. The summed E-state index contributed by atoms with van der Waals surface area (Å²) in [6, 6.07) is 0. The summed E-state index contributed by atoms with van der Waals surface area (Å²) in [4.78, 5) is 0. The summed E-state index contributed by atoms with van der Waals surface area (Å²) < 4.78 is 34.2. The van der Waals surface area contributed by atoms with Crippen molar-refractivity contribution in [3.63, 3.8) is 0 Å². The van der Waals surface area contributed by atoms with Gasteiger partial charge in [0.2, 0.25) is 0 Å². The summed E-state index contributed by atoms with van der Waals surface area (Å²) in [6.07, 6.45) is 5.67. The van der Waals surface area contributed by atoms with E-state index >= 15 is 0 Å². The Balaban J connectivity index is 1.43. The summed E-state index contributed by atoms with van der Waals surface area (Å²) in [7, 11) is 0. The normalized spacial score (nSPS) is 38.0. The van der Waals surface area contributed by atoms with E-state index < -0.39 is 0 Å². The third-order valence-corrected chi connectivity index (χ3v) is 5.23. The van der Waals surface area contributed by atoms with Gasteiger partial charge < -0.3 is 28.4 Å². The molecule has 24 heavy (non-hydrogen) atoms. The number of ether oxygens (including phenoxy) is 6. The fraction of sp³-hybridized carbons (Fsp3) is 1.00. The minimum atomic E-state index is 0.234. The van der Waals surface area contributed by atoms with Gasteiger partial charge in [-0.05, 0) is 24.7 Å². The second-order valence-electron chi connectivity index (χ2n) is 6.73. The van der Waals surface area contributed by atoms with Crippen molar-refractivity contribution in [2.24, 2.45) is 11.8 Å². The predicted molar refractivity (Wildman–Crippen MR) is 88.2 cm³/mol. The van der Waals surface area contributed by atoms with E-state index in [0.717, 1.165) is 0 Å². The third-order valence-electron chi connectivity index (χ3n) is 5.23. The van der Waals surface area contributed by atoms with E-state index in [9.17, 15) is 0 Å². The second kappa shape index (κ2) is 10.7. The van der Waals surface area contributed by atoms with Gasteiger partial charge in [-0.1, -0.05) is 12.8 Å². The smallest absolute Gasteiger partial charge is 0.0872 e. The average Bonchev–Trinajstić information content (AvgIpc) is 2.60. The monoisotopic (exact) mass is 344 g/mol. The maximum atomic E-state index is 6.10. The Morgan fingerprint density at radius 1 is 0.417 bits per heavy atom. The molecule has 1 aliphatic heterocycles. The van der Waals surface area contributed by atoms with Crippen molar-refractivity contribution in [1.82, 2.24) is 0 Å². The number of rotatable bonds is 0. The van der Waals surface area contributed by atoms with Crippen molar-refractivity contribution in [3.05, 3.63) is 0 Å². The molecule has 0 aromatic rings. The Morgan fingerprint density at radius 3 is 1.12 bits per heavy atom. The van der Waals surface area contributed by atoms with Crippen LogP contribution >= 0.6 is 0 Å². The first-order chi connectivity index (χ1) is 12.0. The molecule has 0 N–H and O–H groups in total. The molecule has 4 atom stereocenters. The highest BCUT2D eigenvalue weighted by Crippen LogP contribution is 2.48. The van der Waals surface area contributed by atoms with Crippen molar-refractivity contribution < 1.29 is 28.4 Å². The largest absolute Gasteiger partial charge is 0.377 e. The zero-order valence-electron chi connectivity index (χ0n) is 14.7. The van der Waals surface area contributed by atoms with Crippen LogP contribution in [0.1, 0.15) is 25.7 Å². The van der Waals surface area contributed by atoms with Crippen LogP contribution in [0.2, 0.25) is 0 Å². The molecule has 0 bridgehead atoms. The van der Waals surface area contributed by atoms with Crippen molar-refractivity contribution in [3.8, 4) is 0 Å². The first-order valence-electron chi connectivity index (χ1n) is 9.51. The van der Waals surface area contributed by atoms with Gasteiger partial charge in [-0.3, -0.25) is 0 Å². The Bertz CT molecular complexity index is 307. The molecule has 0 radical (unpaired) electrons. The van der Waals surface area contributed by atoms with E-state index in [1.807, 2.05) is 0 Å². The first-order valence-corrected chi connectivity index (χ1v) is 9.51. The average molecular weight is 344 g/mol. The number of fused-ring (bicyclic) bond motifs is 4. The summed E-state index contributed by atoms with van der Waals surface area (Å²) in [5, 5.41) is 0. The minimum Gasteiger partial charge on any atom is -0.377 e. The lowest BCUT2D eigenvalue weighted by atomic mass is 9.61. The van der Waals surface area contributed by atoms with Gasteiger partial charge in [-0.15, -0.1) is 0 Å². The van der Waals surface area contributed by atoms with Crippen LogP contribution in [-0.2, 0) is 28.4 Å². The fourth-order valence-corrected chi connectivity index (χ4v) is 4.03. The van der Waals surface area contributed by atoms with Gasteiger partial charge in [0.25, 0.3) is 0 Å². The quantitative estimate of drug-likeness (QED) is 0.666. The van der Waals surface area contributed by atoms with Gasteiger partial charge in [0, 0.05) is 0 Å². The van der Waals surface area contributed by atoms with Crippen LogP contribution in [-0.4, -0.2) is 78.3 Å². The lowest BCUT2D eigenvalue weighted by Crippen LogP contribution is -2.59. The standard InChI is InChI=1S/C18H32O6/c1-2-4-16-15(3-1)17-18(16)24-14-12-22-10-8-20-6-5-19-7-9-21-11-13-23-17/h15-18H,1-14H2. The van der Waals surface area contributed by atoms with Gasteiger partial charge in [0.15, 0.2) is 0 Å². The third kappa shape index (κ3) is 5.38. The predicted octanol–water partition coefficient (Wildman–Crippen LogP) is 1.66. The molecule has 2 aliphatic carbocycles. The van der Waals surface area contributed by atoms with Crippen molar-refractivity contribution in [2.75, 3.05) is 66.1 Å². The van der Waals surface area contributed by atoms with Gasteiger partial charge in [0.1, 0.15) is 0 Å². The van der Waals surface area contributed by atoms with Crippen LogP contribution < -0.4 is 0 Å². The molecule has 0 spiro atoms. The van der Waals surface area contributed by atoms with Gasteiger partial charge in [-0.2, -0.15) is 0 Å². The van der Waals surface area contributed by atoms with E-state index in [1.54, 1.807) is 0 Å². The molecule has 4 unspecified atom stereocenters. The van der Waals surface area contributed by atoms with Crippen molar-refractivity contribution in [2.45, 2.75) is 37.9 Å². The molecule has 140 valence electrons. The van der Waals surface area contributed by atoms with Crippen LogP contribution in [0.5, 0.6) is 0 Å². The molecule has 3 aliphatic rings. The van der Waals surface area contributed by atoms with E-state index in [1.165, 1.54) is 25.7 Å². The molecule has 2 saturated carbocycles. The lowest BCUT2D eigenvalue weighted by molar-refractivity contribution is -0.222. The zero-order chi connectivity index (χ0) is 16.5. The summed E-state index contributed by atoms with van der Waals surface area (Å²) in [5.41, 5.74) is 0. The highest BCUT2D eigenvalue weighted by Gasteiger charge is 2.52. The SMILES string of the molecule is C1CCC2C(C1)C1OCCOCCOCCOCCOCCOC21. The first kappa shape index (κ1) is 18.5. The summed E-state index contributed by atoms with van der Waals surface area (Å²) in [6.45, 7) is 6.07. The molecule has 6 heteroatoms. The topological polar surface area (TPSA) is 55.4 Å². The van der Waals surface area contributed by atoms with E-state index in [0.29, 0.717) is 77.9 Å². The minimum absolute atomic E-state index is 0.234. The van der Waals surface area contributed by atoms with E-state index in [-0.39, 0.29) is 12.2 Å². The van der Waals surface area contributed by atoms with Gasteiger partial charge >= 0.3 is 0 Å². The molecule has 6 nitrogen and oxygen atoms in total. The number of hydrogen-bond donors (Lipinski definition) is 0. The maximum Gasteiger partial charge on any atom is 0.0872 e. The van der Waals surface area contributed by atoms with Gasteiger partial charge in [0.05, 0.1) is 78.3 Å². The van der Waals surface area contributed by atoms with Crippen LogP contribution in [0.4, 0.5) is 0 Å². The Labute approximate surface area is 145 Å². The highest BCUT2D eigenvalue weighted by molar-refractivity contribution is 5.01. The Hall–Kier alpha value is -0.240. The molecule has 3 fully saturated rings. The molecule has 0 aromatic carbocycles. The number of hydrogen-bond acceptors (Lipinski definition) is 6. The van der Waals surface area contributed by atoms with E-state index in [2.05, 4.69) is 0 Å². The fourth-order valence-electron chi connectivity index (χ4n) is 4.03. The molecule has 1 heterocycles. The molecule has 0 amide bonds. The Morgan fingerprint density at radius 2 is 0.750 bits per heavy atom.